The molecule has 2 aromatic rings. The van der Waals surface area contributed by atoms with Gasteiger partial charge in [0.1, 0.15) is 11.9 Å². The highest BCUT2D eigenvalue weighted by atomic mass is 19.1. The summed E-state index contributed by atoms with van der Waals surface area (Å²) in [6.45, 7) is 2.86. The van der Waals surface area contributed by atoms with Gasteiger partial charge in [-0.1, -0.05) is 19.1 Å². The van der Waals surface area contributed by atoms with Gasteiger partial charge in [0.05, 0.1) is 6.20 Å². The molecule has 2 heterocycles. The van der Waals surface area contributed by atoms with Crippen molar-refractivity contribution in [2.24, 2.45) is 17.3 Å². The van der Waals surface area contributed by atoms with Crippen LogP contribution in [0.3, 0.4) is 0 Å². The van der Waals surface area contributed by atoms with Crippen LogP contribution in [0.1, 0.15) is 78.4 Å². The van der Waals surface area contributed by atoms with Gasteiger partial charge in [-0.2, -0.15) is 0 Å². The molecular weight excluding hydrogens is 443 g/mol. The van der Waals surface area contributed by atoms with Crippen LogP contribution in [-0.2, 0) is 11.2 Å². The molecule has 0 bridgehead atoms. The van der Waals surface area contributed by atoms with Crippen molar-refractivity contribution in [3.05, 3.63) is 70.8 Å². The lowest BCUT2D eigenvalue weighted by Gasteiger charge is -2.50. The van der Waals surface area contributed by atoms with Gasteiger partial charge in [-0.25, -0.2) is 9.18 Å². The number of halogens is 1. The number of hydrogen-bond donors (Lipinski definition) is 1. The predicted molar refractivity (Wildman–Crippen MR) is 130 cm³/mol. The second kappa shape index (κ2) is 8.28. The minimum absolute atomic E-state index is 0.0334. The first-order chi connectivity index (χ1) is 16.9. The van der Waals surface area contributed by atoms with Gasteiger partial charge < -0.3 is 10.0 Å². The van der Waals surface area contributed by atoms with Crippen molar-refractivity contribution in [1.29, 1.82) is 0 Å². The van der Waals surface area contributed by atoms with Crippen molar-refractivity contribution >= 4 is 17.4 Å². The second-order valence-corrected chi connectivity index (χ2v) is 11.0. The molecule has 1 amide bonds. The fourth-order valence-corrected chi connectivity index (χ4v) is 7.72. The molecule has 0 radical (unpaired) electrons. The third kappa shape index (κ3) is 3.52. The van der Waals surface area contributed by atoms with Crippen LogP contribution in [0.4, 0.5) is 4.39 Å². The highest BCUT2D eigenvalue weighted by molar-refractivity contribution is 5.97. The minimum Gasteiger partial charge on any atom is -0.480 e. The van der Waals surface area contributed by atoms with E-state index in [1.165, 1.54) is 27.8 Å². The van der Waals surface area contributed by atoms with Crippen LogP contribution in [0, 0.1) is 23.1 Å². The number of rotatable bonds is 3. The van der Waals surface area contributed by atoms with E-state index in [0.29, 0.717) is 36.3 Å². The zero-order chi connectivity index (χ0) is 24.3. The summed E-state index contributed by atoms with van der Waals surface area (Å²) >= 11 is 0. The SMILES string of the molecule is C[C@]12CCC3c4ccc(C(=O)N5CCC[C@H]5C(=O)O)cc4CCC3C1CC=C2c1cncc(F)c1. The number of allylic oxidation sites excluding steroid dienone is 2. The number of amides is 1. The normalized spacial score (nSPS) is 31.4. The molecule has 6 heteroatoms. The lowest BCUT2D eigenvalue weighted by molar-refractivity contribution is -0.141. The largest absolute Gasteiger partial charge is 0.480 e. The third-order valence-electron chi connectivity index (χ3n) is 9.37. The summed E-state index contributed by atoms with van der Waals surface area (Å²) in [5.74, 6) is 0.190. The number of fused-ring (bicyclic) bond motifs is 5. The molecule has 2 fully saturated rings. The van der Waals surface area contributed by atoms with Gasteiger partial charge in [-0.15, -0.1) is 0 Å². The number of likely N-dealkylation sites (tertiary alicyclic amines) is 1. The molecular formula is C29H31FN2O3. The molecule has 6 rings (SSSR count). The van der Waals surface area contributed by atoms with E-state index in [9.17, 15) is 19.1 Å². The van der Waals surface area contributed by atoms with Gasteiger partial charge in [0.25, 0.3) is 5.91 Å². The Hall–Kier alpha value is -3.02. The average Bonchev–Trinajstić information content (AvgIpc) is 3.48. The maximum absolute atomic E-state index is 13.9. The van der Waals surface area contributed by atoms with Crippen LogP contribution in [0.25, 0.3) is 5.57 Å². The van der Waals surface area contributed by atoms with Crippen molar-refractivity contribution in [3.63, 3.8) is 0 Å². The Bertz CT molecular complexity index is 1240. The van der Waals surface area contributed by atoms with E-state index in [1.54, 1.807) is 12.3 Å². The Balaban J connectivity index is 1.25. The zero-order valence-corrected chi connectivity index (χ0v) is 20.0. The number of aliphatic carboxylic acids is 1. The van der Waals surface area contributed by atoms with Gasteiger partial charge in [0.15, 0.2) is 0 Å². The third-order valence-corrected chi connectivity index (χ3v) is 9.37. The summed E-state index contributed by atoms with van der Waals surface area (Å²) in [4.78, 5) is 30.3. The summed E-state index contributed by atoms with van der Waals surface area (Å²) in [5.41, 5.74) is 5.40. The number of carboxylic acids is 1. The van der Waals surface area contributed by atoms with Crippen LogP contribution in [0.2, 0.25) is 0 Å². The van der Waals surface area contributed by atoms with Gasteiger partial charge in [-0.3, -0.25) is 9.78 Å². The molecule has 1 aliphatic heterocycles. The van der Waals surface area contributed by atoms with Crippen molar-refractivity contribution in [3.8, 4) is 0 Å². The van der Waals surface area contributed by atoms with E-state index in [1.807, 2.05) is 12.1 Å². The number of aromatic nitrogens is 1. The summed E-state index contributed by atoms with van der Waals surface area (Å²) in [6, 6.07) is 6.97. The number of carbonyl (C=O) groups is 2. The van der Waals surface area contributed by atoms with Crippen molar-refractivity contribution in [2.45, 2.75) is 63.8 Å². The van der Waals surface area contributed by atoms with E-state index in [0.717, 1.165) is 44.1 Å². The zero-order valence-electron chi connectivity index (χ0n) is 20.0. The molecule has 182 valence electrons. The number of carboxylic acid groups (broad SMARTS) is 1. The van der Waals surface area contributed by atoms with E-state index >= 15 is 0 Å². The molecule has 1 aromatic carbocycles. The van der Waals surface area contributed by atoms with E-state index in [2.05, 4.69) is 24.1 Å². The topological polar surface area (TPSA) is 70.5 Å². The molecule has 3 unspecified atom stereocenters. The highest BCUT2D eigenvalue weighted by Gasteiger charge is 2.52. The molecule has 5 nitrogen and oxygen atoms in total. The van der Waals surface area contributed by atoms with Gasteiger partial charge in [0, 0.05) is 18.3 Å². The molecule has 35 heavy (non-hydrogen) atoms. The predicted octanol–water partition coefficient (Wildman–Crippen LogP) is 5.46. The summed E-state index contributed by atoms with van der Waals surface area (Å²) < 4.78 is 13.9. The summed E-state index contributed by atoms with van der Waals surface area (Å²) in [7, 11) is 0. The number of benzene rings is 1. The van der Waals surface area contributed by atoms with Crippen LogP contribution >= 0.6 is 0 Å². The summed E-state index contributed by atoms with van der Waals surface area (Å²) in [6.07, 6.45) is 11.8. The van der Waals surface area contributed by atoms with E-state index < -0.39 is 12.0 Å². The lowest BCUT2D eigenvalue weighted by Crippen LogP contribution is -2.41. The van der Waals surface area contributed by atoms with Crippen molar-refractivity contribution < 1.29 is 19.1 Å². The van der Waals surface area contributed by atoms with Gasteiger partial charge in [0.2, 0.25) is 0 Å². The first kappa shape index (κ1) is 22.4. The molecule has 0 spiro atoms. The number of nitrogens with zero attached hydrogens (tertiary/aromatic N) is 2. The van der Waals surface area contributed by atoms with E-state index in [-0.39, 0.29) is 17.1 Å². The monoisotopic (exact) mass is 474 g/mol. The van der Waals surface area contributed by atoms with Crippen LogP contribution in [-0.4, -0.2) is 39.5 Å². The fraction of sp³-hybridized carbons (Fsp3) is 0.483. The first-order valence-electron chi connectivity index (χ1n) is 12.8. The number of aryl methyl sites for hydroxylation is 1. The van der Waals surface area contributed by atoms with Crippen molar-refractivity contribution in [2.75, 3.05) is 6.54 Å². The molecule has 1 N–H and O–H groups in total. The number of pyridine rings is 1. The Morgan fingerprint density at radius 3 is 2.83 bits per heavy atom. The van der Waals surface area contributed by atoms with Gasteiger partial charge >= 0.3 is 5.97 Å². The Labute approximate surface area is 205 Å². The summed E-state index contributed by atoms with van der Waals surface area (Å²) in [5, 5.41) is 9.48. The van der Waals surface area contributed by atoms with Crippen LogP contribution in [0.5, 0.6) is 0 Å². The van der Waals surface area contributed by atoms with Crippen LogP contribution < -0.4 is 0 Å². The Morgan fingerprint density at radius 2 is 2.03 bits per heavy atom. The molecule has 3 aliphatic carbocycles. The smallest absolute Gasteiger partial charge is 0.326 e. The molecule has 1 saturated carbocycles. The Kier molecular flexibility index (Phi) is 5.31. The molecule has 5 atom stereocenters. The molecule has 1 saturated heterocycles. The lowest BCUT2D eigenvalue weighted by atomic mass is 9.54. The minimum atomic E-state index is -0.916. The first-order valence-corrected chi connectivity index (χ1v) is 12.8. The van der Waals surface area contributed by atoms with Crippen molar-refractivity contribution in [1.82, 2.24) is 9.88 Å². The highest BCUT2D eigenvalue weighted by Crippen LogP contribution is 2.63. The standard InChI is InChI=1S/C29H31FN2O3/c1-29-11-10-22-21-6-5-18(27(33)32-12-2-3-26(32)28(34)35)13-17(21)4-7-23(22)25(29)9-8-24(29)19-14-20(30)16-31-15-19/h5-6,8,13-16,22-23,25-26H,2-4,7,9-12H2,1H3,(H,34,35)/t22?,23?,25?,26-,29+/m0/s1. The maximum atomic E-state index is 13.9. The number of carbonyl (C=O) groups excluding carboxylic acids is 1. The quantitative estimate of drug-likeness (QED) is 0.641. The number of hydrogen-bond acceptors (Lipinski definition) is 3. The van der Waals surface area contributed by atoms with E-state index in [4.69, 9.17) is 0 Å². The van der Waals surface area contributed by atoms with Crippen LogP contribution in [0.15, 0.2) is 42.7 Å². The fourth-order valence-electron chi connectivity index (χ4n) is 7.72. The Morgan fingerprint density at radius 1 is 1.17 bits per heavy atom. The second-order valence-electron chi connectivity index (χ2n) is 11.0. The van der Waals surface area contributed by atoms with Gasteiger partial charge in [-0.05, 0) is 109 Å². The molecule has 4 aliphatic rings. The molecule has 1 aromatic heterocycles. The maximum Gasteiger partial charge on any atom is 0.326 e. The average molecular weight is 475 g/mol.